The van der Waals surface area contributed by atoms with E-state index in [2.05, 4.69) is 9.97 Å². The number of hydrogen-bond donors (Lipinski definition) is 0. The van der Waals surface area contributed by atoms with Gasteiger partial charge in [-0.3, -0.25) is 4.98 Å². The quantitative estimate of drug-likeness (QED) is 0.705. The van der Waals surface area contributed by atoms with Gasteiger partial charge in [-0.05, 0) is 23.8 Å². The Morgan fingerprint density at radius 2 is 1.68 bits per heavy atom. The molecule has 3 aromatic rings. The maximum Gasteiger partial charge on any atom is 0.219 e. The molecule has 0 aliphatic rings. The predicted octanol–water partition coefficient (Wildman–Crippen LogP) is 3.91. The van der Waals surface area contributed by atoms with Crippen molar-refractivity contribution in [3.63, 3.8) is 0 Å². The summed E-state index contributed by atoms with van der Waals surface area (Å²) in [5.74, 6) is 0.593. The summed E-state index contributed by atoms with van der Waals surface area (Å²) in [7, 11) is 0. The van der Waals surface area contributed by atoms with Gasteiger partial charge in [-0.25, -0.2) is 4.98 Å². The van der Waals surface area contributed by atoms with Gasteiger partial charge in [-0.15, -0.1) is 0 Å². The zero-order valence-corrected chi connectivity index (χ0v) is 10.2. The lowest BCUT2D eigenvalue weighted by atomic mass is 10.2. The summed E-state index contributed by atoms with van der Waals surface area (Å²) in [4.78, 5) is 8.40. The molecule has 0 saturated carbocycles. The summed E-state index contributed by atoms with van der Waals surface area (Å²) in [6.07, 6.45) is 8.97. The Kier molecular flexibility index (Phi) is 3.19. The van der Waals surface area contributed by atoms with Crippen LogP contribution < -0.4 is 0 Å². The van der Waals surface area contributed by atoms with E-state index >= 15 is 0 Å². The monoisotopic (exact) mass is 248 g/mol. The van der Waals surface area contributed by atoms with E-state index in [-0.39, 0.29) is 0 Å². The van der Waals surface area contributed by atoms with Crippen molar-refractivity contribution in [1.29, 1.82) is 0 Å². The average molecular weight is 248 g/mol. The number of hydrogen-bond acceptors (Lipinski definition) is 3. The minimum absolute atomic E-state index is 0.593. The van der Waals surface area contributed by atoms with E-state index in [1.54, 1.807) is 18.7 Å². The summed E-state index contributed by atoms with van der Waals surface area (Å²) in [5.41, 5.74) is 2.93. The molecule has 0 spiro atoms. The molecule has 0 amide bonds. The lowest BCUT2D eigenvalue weighted by Gasteiger charge is -1.91. The van der Waals surface area contributed by atoms with Crippen LogP contribution in [0.25, 0.3) is 23.4 Å². The van der Waals surface area contributed by atoms with Crippen LogP contribution in [-0.4, -0.2) is 9.97 Å². The number of nitrogens with zero attached hydrogens (tertiary/aromatic N) is 2. The molecular weight excluding hydrogens is 236 g/mol. The zero-order chi connectivity index (χ0) is 12.9. The van der Waals surface area contributed by atoms with Crippen molar-refractivity contribution in [1.82, 2.24) is 9.97 Å². The summed E-state index contributed by atoms with van der Waals surface area (Å²) in [6.45, 7) is 0. The number of oxazole rings is 1. The van der Waals surface area contributed by atoms with E-state index < -0.39 is 0 Å². The van der Waals surface area contributed by atoms with Crippen molar-refractivity contribution in [3.8, 4) is 11.3 Å². The molecule has 1 aromatic carbocycles. The summed E-state index contributed by atoms with van der Waals surface area (Å²) >= 11 is 0. The fraction of sp³-hybridized carbons (Fsp3) is 0. The van der Waals surface area contributed by atoms with E-state index in [4.69, 9.17) is 4.42 Å². The van der Waals surface area contributed by atoms with Crippen LogP contribution in [-0.2, 0) is 0 Å². The smallest absolute Gasteiger partial charge is 0.219 e. The molecule has 0 fully saturated rings. The number of benzene rings is 1. The van der Waals surface area contributed by atoms with Gasteiger partial charge >= 0.3 is 0 Å². The van der Waals surface area contributed by atoms with Gasteiger partial charge in [-0.2, -0.15) is 0 Å². The molecule has 2 heterocycles. The molecular formula is C16H12N2O. The Balaban J connectivity index is 1.81. The SMILES string of the molecule is C(=C\c1nc(-c2ccncc2)co1)/c1ccccc1. The summed E-state index contributed by atoms with van der Waals surface area (Å²) in [6, 6.07) is 13.9. The summed E-state index contributed by atoms with van der Waals surface area (Å²) < 4.78 is 5.42. The largest absolute Gasteiger partial charge is 0.444 e. The first-order valence-electron chi connectivity index (χ1n) is 6.01. The first-order chi connectivity index (χ1) is 9.42. The third-order valence-corrected chi connectivity index (χ3v) is 2.72. The molecule has 3 nitrogen and oxygen atoms in total. The maximum atomic E-state index is 5.42. The molecule has 0 aliphatic heterocycles. The summed E-state index contributed by atoms with van der Waals surface area (Å²) in [5, 5.41) is 0. The highest BCUT2D eigenvalue weighted by Crippen LogP contribution is 2.18. The average Bonchev–Trinajstić information content (AvgIpc) is 2.96. The van der Waals surface area contributed by atoms with Gasteiger partial charge in [0.25, 0.3) is 0 Å². The Morgan fingerprint density at radius 3 is 2.47 bits per heavy atom. The molecule has 3 rings (SSSR count). The van der Waals surface area contributed by atoms with Gasteiger partial charge in [0, 0.05) is 24.0 Å². The third kappa shape index (κ3) is 2.77. The van der Waals surface area contributed by atoms with Crippen LogP contribution in [0.1, 0.15) is 11.5 Å². The highest BCUT2D eigenvalue weighted by Gasteiger charge is 2.03. The zero-order valence-electron chi connectivity index (χ0n) is 10.2. The van der Waals surface area contributed by atoms with E-state index in [1.807, 2.05) is 54.6 Å². The van der Waals surface area contributed by atoms with Crippen LogP contribution in [0.5, 0.6) is 0 Å². The van der Waals surface area contributed by atoms with Gasteiger partial charge < -0.3 is 4.42 Å². The lowest BCUT2D eigenvalue weighted by molar-refractivity contribution is 0.547. The van der Waals surface area contributed by atoms with Crippen molar-refractivity contribution in [2.45, 2.75) is 0 Å². The van der Waals surface area contributed by atoms with E-state index in [0.717, 1.165) is 16.8 Å². The molecule has 19 heavy (non-hydrogen) atoms. The fourth-order valence-electron chi connectivity index (χ4n) is 1.75. The third-order valence-electron chi connectivity index (χ3n) is 2.72. The van der Waals surface area contributed by atoms with Crippen LogP contribution in [0.4, 0.5) is 0 Å². The minimum Gasteiger partial charge on any atom is -0.444 e. The molecule has 3 heteroatoms. The van der Waals surface area contributed by atoms with Crippen molar-refractivity contribution >= 4 is 12.2 Å². The Labute approximate surface area is 111 Å². The molecule has 0 bridgehead atoms. The standard InChI is InChI=1S/C16H12N2O/c1-2-4-13(5-3-1)6-7-16-18-15(12-19-16)14-8-10-17-11-9-14/h1-12H/b7-6+. The van der Waals surface area contributed by atoms with Crippen molar-refractivity contribution in [3.05, 3.63) is 72.6 Å². The first-order valence-corrected chi connectivity index (χ1v) is 6.01. The molecule has 0 aliphatic carbocycles. The number of rotatable bonds is 3. The molecule has 0 unspecified atom stereocenters. The van der Waals surface area contributed by atoms with Crippen LogP contribution >= 0.6 is 0 Å². The van der Waals surface area contributed by atoms with Gasteiger partial charge in [0.15, 0.2) is 0 Å². The Bertz CT molecular complexity index is 672. The molecule has 2 aromatic heterocycles. The van der Waals surface area contributed by atoms with E-state index in [1.165, 1.54) is 0 Å². The highest BCUT2D eigenvalue weighted by molar-refractivity contribution is 5.67. The van der Waals surface area contributed by atoms with Gasteiger partial charge in [0.05, 0.1) is 0 Å². The topological polar surface area (TPSA) is 38.9 Å². The van der Waals surface area contributed by atoms with Crippen LogP contribution in [0.15, 0.2) is 65.5 Å². The molecule has 0 saturated heterocycles. The minimum atomic E-state index is 0.593. The van der Waals surface area contributed by atoms with Crippen molar-refractivity contribution in [2.75, 3.05) is 0 Å². The van der Waals surface area contributed by atoms with Crippen LogP contribution in [0.3, 0.4) is 0 Å². The maximum absolute atomic E-state index is 5.42. The van der Waals surface area contributed by atoms with Crippen molar-refractivity contribution < 1.29 is 4.42 Å². The van der Waals surface area contributed by atoms with E-state index in [9.17, 15) is 0 Å². The highest BCUT2D eigenvalue weighted by atomic mass is 16.3. The molecule has 0 atom stereocenters. The first kappa shape index (κ1) is 11.4. The van der Waals surface area contributed by atoms with Gasteiger partial charge in [0.2, 0.25) is 5.89 Å². The van der Waals surface area contributed by atoms with Crippen molar-refractivity contribution in [2.24, 2.45) is 0 Å². The Hall–Kier alpha value is -2.68. The molecule has 92 valence electrons. The lowest BCUT2D eigenvalue weighted by Crippen LogP contribution is -1.78. The molecule has 0 N–H and O–H groups in total. The van der Waals surface area contributed by atoms with Gasteiger partial charge in [0.1, 0.15) is 12.0 Å². The predicted molar refractivity (Wildman–Crippen MR) is 75.1 cm³/mol. The van der Waals surface area contributed by atoms with Crippen LogP contribution in [0.2, 0.25) is 0 Å². The number of pyridine rings is 1. The Morgan fingerprint density at radius 1 is 0.895 bits per heavy atom. The second kappa shape index (κ2) is 5.31. The van der Waals surface area contributed by atoms with Crippen LogP contribution in [0, 0.1) is 0 Å². The molecule has 0 radical (unpaired) electrons. The number of aromatic nitrogens is 2. The normalized spacial score (nSPS) is 10.9. The van der Waals surface area contributed by atoms with Gasteiger partial charge in [-0.1, -0.05) is 30.3 Å². The van der Waals surface area contributed by atoms with E-state index in [0.29, 0.717) is 5.89 Å². The fourth-order valence-corrected chi connectivity index (χ4v) is 1.75. The second-order valence-electron chi connectivity index (χ2n) is 4.05. The second-order valence-corrected chi connectivity index (χ2v) is 4.05.